The molecule has 0 aliphatic carbocycles. The molecule has 0 bridgehead atoms. The van der Waals surface area contributed by atoms with Gasteiger partial charge in [-0.25, -0.2) is 18.5 Å². The van der Waals surface area contributed by atoms with Gasteiger partial charge in [-0.3, -0.25) is 0 Å². The maximum Gasteiger partial charge on any atom is 0.574 e. The van der Waals surface area contributed by atoms with Gasteiger partial charge >= 0.3 is 12.5 Å². The number of pyridine rings is 1. The van der Waals surface area contributed by atoms with Crippen LogP contribution in [0.15, 0.2) is 11.0 Å². The number of alkyl halides is 7. The largest absolute Gasteiger partial charge is 0.574 e. The van der Waals surface area contributed by atoms with Crippen LogP contribution in [0.3, 0.4) is 0 Å². The van der Waals surface area contributed by atoms with Crippen molar-refractivity contribution in [3.63, 3.8) is 0 Å². The van der Waals surface area contributed by atoms with Crippen LogP contribution in [-0.2, 0) is 22.1 Å². The first-order chi connectivity index (χ1) is 9.25. The number of primary sulfonamides is 1. The van der Waals surface area contributed by atoms with E-state index in [1.165, 1.54) is 0 Å². The molecule has 0 aliphatic rings. The fraction of sp³-hybridized carbons (Fsp3) is 0.375. The maximum absolute atomic E-state index is 12.7. The van der Waals surface area contributed by atoms with Gasteiger partial charge in [0.1, 0.15) is 0 Å². The van der Waals surface area contributed by atoms with Crippen LogP contribution < -0.4 is 9.88 Å². The summed E-state index contributed by atoms with van der Waals surface area (Å²) in [5, 5.41) is 4.66. The van der Waals surface area contributed by atoms with Crippen LogP contribution in [0.2, 0.25) is 0 Å². The lowest BCUT2D eigenvalue weighted by Gasteiger charge is -2.16. The standard InChI is InChI=1S/C8H5ClF6N2O3S/c9-2-3-4(21(16,18)19)1-5(20-8(13,14)15)17-6(3)7(10,11)12/h1H,2H2,(H2,16,18,19). The second-order valence-corrected chi connectivity index (χ2v) is 5.31. The summed E-state index contributed by atoms with van der Waals surface area (Å²) in [6, 6.07) is 0.121. The van der Waals surface area contributed by atoms with E-state index in [0.717, 1.165) is 0 Å². The predicted octanol–water partition coefficient (Wildman–Crippen LogP) is 2.39. The van der Waals surface area contributed by atoms with Gasteiger partial charge in [-0.15, -0.1) is 24.8 Å². The molecule has 0 saturated carbocycles. The highest BCUT2D eigenvalue weighted by atomic mass is 35.5. The van der Waals surface area contributed by atoms with Gasteiger partial charge in [-0.2, -0.15) is 13.2 Å². The van der Waals surface area contributed by atoms with E-state index in [2.05, 4.69) is 14.9 Å². The van der Waals surface area contributed by atoms with Crippen molar-refractivity contribution in [3.8, 4) is 5.88 Å². The topological polar surface area (TPSA) is 82.3 Å². The highest BCUT2D eigenvalue weighted by Crippen LogP contribution is 2.36. The average molecular weight is 359 g/mol. The Kier molecular flexibility index (Phi) is 4.65. The molecule has 5 nitrogen and oxygen atoms in total. The number of nitrogens with zero attached hydrogens (tertiary/aromatic N) is 1. The molecule has 0 aliphatic heterocycles. The van der Waals surface area contributed by atoms with Gasteiger partial charge in [0, 0.05) is 11.6 Å². The van der Waals surface area contributed by atoms with Crippen LogP contribution in [0.1, 0.15) is 11.3 Å². The van der Waals surface area contributed by atoms with Crippen molar-refractivity contribution in [2.24, 2.45) is 5.14 Å². The molecule has 1 aromatic rings. The number of halogens is 7. The summed E-state index contributed by atoms with van der Waals surface area (Å²) in [5.74, 6) is -2.60. The summed E-state index contributed by atoms with van der Waals surface area (Å²) in [7, 11) is -4.78. The first kappa shape index (κ1) is 17.8. The highest BCUT2D eigenvalue weighted by Gasteiger charge is 2.40. The van der Waals surface area contributed by atoms with E-state index in [0.29, 0.717) is 0 Å². The number of hydrogen-bond acceptors (Lipinski definition) is 4. The van der Waals surface area contributed by atoms with Crippen molar-refractivity contribution in [3.05, 3.63) is 17.3 Å². The van der Waals surface area contributed by atoms with Crippen molar-refractivity contribution in [2.75, 3.05) is 0 Å². The second kappa shape index (κ2) is 5.50. The highest BCUT2D eigenvalue weighted by molar-refractivity contribution is 7.89. The number of aromatic nitrogens is 1. The van der Waals surface area contributed by atoms with E-state index >= 15 is 0 Å². The average Bonchev–Trinajstić information content (AvgIpc) is 2.23. The van der Waals surface area contributed by atoms with Crippen molar-refractivity contribution < 1.29 is 39.5 Å². The molecule has 13 heteroatoms. The van der Waals surface area contributed by atoms with Gasteiger partial charge in [-0.05, 0) is 0 Å². The smallest absolute Gasteiger partial charge is 0.388 e. The van der Waals surface area contributed by atoms with Crippen molar-refractivity contribution >= 4 is 21.6 Å². The quantitative estimate of drug-likeness (QED) is 0.664. The van der Waals surface area contributed by atoms with Crippen LogP contribution in [0.5, 0.6) is 5.88 Å². The van der Waals surface area contributed by atoms with Crippen LogP contribution in [0.4, 0.5) is 26.3 Å². The minimum Gasteiger partial charge on any atom is -0.388 e. The molecule has 120 valence electrons. The van der Waals surface area contributed by atoms with E-state index in [-0.39, 0.29) is 6.07 Å². The van der Waals surface area contributed by atoms with Gasteiger partial charge in [0.25, 0.3) is 0 Å². The monoisotopic (exact) mass is 358 g/mol. The van der Waals surface area contributed by atoms with Gasteiger partial charge < -0.3 is 4.74 Å². The van der Waals surface area contributed by atoms with E-state index in [1.807, 2.05) is 0 Å². The molecule has 1 aromatic heterocycles. The number of rotatable bonds is 3. The summed E-state index contributed by atoms with van der Waals surface area (Å²) in [5.41, 5.74) is -3.00. The molecule has 0 unspecified atom stereocenters. The molecule has 0 aromatic carbocycles. The van der Waals surface area contributed by atoms with E-state index in [1.54, 1.807) is 0 Å². The Labute approximate surface area is 118 Å². The normalized spacial score (nSPS) is 13.3. The Morgan fingerprint density at radius 1 is 1.24 bits per heavy atom. The summed E-state index contributed by atoms with van der Waals surface area (Å²) in [6.45, 7) is 0. The van der Waals surface area contributed by atoms with Gasteiger partial charge in [0.05, 0.1) is 10.8 Å². The van der Waals surface area contributed by atoms with Crippen LogP contribution >= 0.6 is 11.6 Å². The van der Waals surface area contributed by atoms with Gasteiger partial charge in [-0.1, -0.05) is 0 Å². The summed E-state index contributed by atoms with van der Waals surface area (Å²) in [6.07, 6.45) is -10.6. The maximum atomic E-state index is 12.7. The third-order valence-corrected chi connectivity index (χ3v) is 3.23. The Morgan fingerprint density at radius 3 is 2.10 bits per heavy atom. The van der Waals surface area contributed by atoms with Crippen LogP contribution in [-0.4, -0.2) is 19.8 Å². The molecule has 1 heterocycles. The Morgan fingerprint density at radius 2 is 1.76 bits per heavy atom. The number of ether oxygens (including phenoxy) is 1. The third kappa shape index (κ3) is 4.61. The fourth-order valence-electron chi connectivity index (χ4n) is 1.31. The fourth-order valence-corrected chi connectivity index (χ4v) is 2.44. The Balaban J connectivity index is 3.67. The number of sulfonamides is 1. The van der Waals surface area contributed by atoms with E-state index < -0.39 is 50.5 Å². The SMILES string of the molecule is NS(=O)(=O)c1cc(OC(F)(F)F)nc(C(F)(F)F)c1CCl. The first-order valence-corrected chi connectivity index (χ1v) is 6.79. The second-order valence-electron chi connectivity index (χ2n) is 3.51. The zero-order valence-electron chi connectivity index (χ0n) is 9.59. The van der Waals surface area contributed by atoms with Gasteiger partial charge in [0.15, 0.2) is 5.69 Å². The molecule has 2 N–H and O–H groups in total. The van der Waals surface area contributed by atoms with Crippen LogP contribution in [0.25, 0.3) is 0 Å². The predicted molar refractivity (Wildman–Crippen MR) is 56.9 cm³/mol. The summed E-state index contributed by atoms with van der Waals surface area (Å²) in [4.78, 5) is 1.35. The molecular weight excluding hydrogens is 354 g/mol. The lowest BCUT2D eigenvalue weighted by atomic mass is 10.2. The summed E-state index contributed by atoms with van der Waals surface area (Å²) < 4.78 is 99.9. The molecule has 21 heavy (non-hydrogen) atoms. The number of nitrogens with two attached hydrogens (primary N) is 1. The first-order valence-electron chi connectivity index (χ1n) is 4.71. The van der Waals surface area contributed by atoms with Crippen molar-refractivity contribution in [1.82, 2.24) is 4.98 Å². The minimum absolute atomic E-state index is 0.121. The van der Waals surface area contributed by atoms with Crippen LogP contribution in [0, 0.1) is 0 Å². The molecule has 0 saturated heterocycles. The number of hydrogen-bond donors (Lipinski definition) is 1. The summed E-state index contributed by atoms with van der Waals surface area (Å²) >= 11 is 5.21. The van der Waals surface area contributed by atoms with E-state index in [9.17, 15) is 34.8 Å². The lowest BCUT2D eigenvalue weighted by molar-refractivity contribution is -0.276. The molecular formula is C8H5ClF6N2O3S. The molecule has 0 atom stereocenters. The minimum atomic E-state index is -5.37. The molecule has 0 amide bonds. The Bertz CT molecular complexity index is 643. The molecule has 1 rings (SSSR count). The third-order valence-electron chi connectivity index (χ3n) is 1.99. The molecule has 0 spiro atoms. The van der Waals surface area contributed by atoms with E-state index in [4.69, 9.17) is 11.6 Å². The zero-order valence-corrected chi connectivity index (χ0v) is 11.2. The molecule has 0 radical (unpaired) electrons. The Hall–Kier alpha value is -1.27. The lowest BCUT2D eigenvalue weighted by Crippen LogP contribution is -2.23. The zero-order chi connectivity index (χ0) is 16.6. The molecule has 0 fully saturated rings. The van der Waals surface area contributed by atoms with Crippen molar-refractivity contribution in [1.29, 1.82) is 0 Å². The van der Waals surface area contributed by atoms with Crippen molar-refractivity contribution in [2.45, 2.75) is 23.3 Å². The van der Waals surface area contributed by atoms with Gasteiger partial charge in [0.2, 0.25) is 15.9 Å².